The number of anilines is 1. The standard InChI is InChI=1S/C23H27N7O3/c1-13(2)10-18(23(32)28-20-7-8-24-29-20)27-22(31)15-11-17(19-6-5-9-33-19)26-21-16(15)12-25-30(21)14(3)4/h5-9,11-14,18H,10H2,1-4H3,(H,27,31)(H2,24,28,29,32). The predicted molar refractivity (Wildman–Crippen MR) is 124 cm³/mol. The maximum Gasteiger partial charge on any atom is 0.252 e. The topological polar surface area (TPSA) is 131 Å². The van der Waals surface area contributed by atoms with Crippen molar-refractivity contribution in [2.24, 2.45) is 5.92 Å². The number of nitrogens with one attached hydrogen (secondary N) is 3. The summed E-state index contributed by atoms with van der Waals surface area (Å²) in [6.45, 7) is 7.97. The van der Waals surface area contributed by atoms with Gasteiger partial charge in [0.05, 0.1) is 29.6 Å². The smallest absolute Gasteiger partial charge is 0.252 e. The number of hydrogen-bond acceptors (Lipinski definition) is 6. The van der Waals surface area contributed by atoms with Crippen molar-refractivity contribution in [3.8, 4) is 11.5 Å². The highest BCUT2D eigenvalue weighted by molar-refractivity contribution is 6.08. The lowest BCUT2D eigenvalue weighted by Gasteiger charge is -2.20. The third-order valence-corrected chi connectivity index (χ3v) is 5.16. The van der Waals surface area contributed by atoms with Crippen molar-refractivity contribution >= 4 is 28.7 Å². The van der Waals surface area contributed by atoms with Crippen LogP contribution in [0.1, 0.15) is 50.5 Å². The Morgan fingerprint density at radius 2 is 2.03 bits per heavy atom. The van der Waals surface area contributed by atoms with Crippen LogP contribution in [0.25, 0.3) is 22.5 Å². The van der Waals surface area contributed by atoms with Gasteiger partial charge in [0.25, 0.3) is 5.91 Å². The molecular formula is C23H27N7O3. The van der Waals surface area contributed by atoms with Crippen LogP contribution in [0, 0.1) is 5.92 Å². The number of furan rings is 1. The monoisotopic (exact) mass is 449 g/mol. The molecule has 0 aliphatic carbocycles. The van der Waals surface area contributed by atoms with E-state index in [4.69, 9.17) is 9.40 Å². The lowest BCUT2D eigenvalue weighted by molar-refractivity contribution is -0.118. The van der Waals surface area contributed by atoms with E-state index in [0.717, 1.165) is 0 Å². The van der Waals surface area contributed by atoms with Gasteiger partial charge in [0.15, 0.2) is 11.4 Å². The Bertz CT molecular complexity index is 1240. The molecule has 0 spiro atoms. The Morgan fingerprint density at radius 1 is 1.21 bits per heavy atom. The van der Waals surface area contributed by atoms with Gasteiger partial charge >= 0.3 is 0 Å². The maximum atomic E-state index is 13.5. The molecule has 0 saturated carbocycles. The van der Waals surface area contributed by atoms with E-state index in [1.807, 2.05) is 27.7 Å². The van der Waals surface area contributed by atoms with E-state index in [9.17, 15) is 9.59 Å². The molecule has 3 N–H and O–H groups in total. The SMILES string of the molecule is CC(C)CC(NC(=O)c1cc(-c2ccco2)nc2c1cnn2C(C)C)C(=O)Nc1ccn[nH]1. The molecule has 33 heavy (non-hydrogen) atoms. The fraction of sp³-hybridized carbons (Fsp3) is 0.348. The van der Waals surface area contributed by atoms with E-state index in [-0.39, 0.29) is 23.8 Å². The van der Waals surface area contributed by atoms with E-state index in [2.05, 4.69) is 25.9 Å². The zero-order valence-electron chi connectivity index (χ0n) is 19.0. The summed E-state index contributed by atoms with van der Waals surface area (Å²) in [4.78, 5) is 31.0. The molecule has 172 valence electrons. The first-order chi connectivity index (χ1) is 15.8. The number of H-pyrrole nitrogens is 1. The zero-order chi connectivity index (χ0) is 23.5. The Morgan fingerprint density at radius 3 is 2.67 bits per heavy atom. The number of carbonyl (C=O) groups excluding carboxylic acids is 2. The molecule has 1 unspecified atom stereocenters. The molecule has 1 atom stereocenters. The van der Waals surface area contributed by atoms with Crippen LogP contribution in [0.5, 0.6) is 0 Å². The summed E-state index contributed by atoms with van der Waals surface area (Å²) in [6, 6.07) is 6.17. The highest BCUT2D eigenvalue weighted by Crippen LogP contribution is 2.27. The molecule has 0 aliphatic heterocycles. The molecular weight excluding hydrogens is 422 g/mol. The fourth-order valence-electron chi connectivity index (χ4n) is 3.62. The fourth-order valence-corrected chi connectivity index (χ4v) is 3.62. The molecule has 0 aliphatic rings. The maximum absolute atomic E-state index is 13.5. The number of aromatic nitrogens is 5. The summed E-state index contributed by atoms with van der Waals surface area (Å²) in [5.74, 6) is 0.480. The summed E-state index contributed by atoms with van der Waals surface area (Å²) in [5, 5.41) is 17.2. The number of rotatable bonds is 8. The molecule has 4 rings (SSSR count). The first-order valence-corrected chi connectivity index (χ1v) is 10.9. The van der Waals surface area contributed by atoms with Gasteiger partial charge in [-0.25, -0.2) is 9.67 Å². The molecule has 0 radical (unpaired) electrons. The van der Waals surface area contributed by atoms with Crippen molar-refractivity contribution in [3.05, 3.63) is 48.5 Å². The first-order valence-electron chi connectivity index (χ1n) is 10.9. The predicted octanol–water partition coefficient (Wildman–Crippen LogP) is 3.78. The van der Waals surface area contributed by atoms with Crippen LogP contribution in [0.2, 0.25) is 0 Å². The number of carbonyl (C=O) groups is 2. The second kappa shape index (κ2) is 9.27. The van der Waals surface area contributed by atoms with Crippen molar-refractivity contribution < 1.29 is 14.0 Å². The minimum Gasteiger partial charge on any atom is -0.463 e. The third kappa shape index (κ3) is 4.79. The Kier molecular flexibility index (Phi) is 6.25. The molecule has 0 fully saturated rings. The molecule has 0 aromatic carbocycles. The van der Waals surface area contributed by atoms with Gasteiger partial charge in [0.2, 0.25) is 5.91 Å². The van der Waals surface area contributed by atoms with Gasteiger partial charge in [-0.15, -0.1) is 0 Å². The van der Waals surface area contributed by atoms with Crippen molar-refractivity contribution in [1.29, 1.82) is 0 Å². The second-order valence-corrected chi connectivity index (χ2v) is 8.57. The highest BCUT2D eigenvalue weighted by atomic mass is 16.3. The Balaban J connectivity index is 1.70. The molecule has 10 heteroatoms. The zero-order valence-corrected chi connectivity index (χ0v) is 19.0. The lowest BCUT2D eigenvalue weighted by Crippen LogP contribution is -2.44. The average molecular weight is 450 g/mol. The molecule has 0 bridgehead atoms. The number of hydrogen-bond donors (Lipinski definition) is 3. The molecule has 4 aromatic rings. The number of aromatic amines is 1. The summed E-state index contributed by atoms with van der Waals surface area (Å²) in [5.41, 5.74) is 1.47. The van der Waals surface area contributed by atoms with Crippen molar-refractivity contribution in [1.82, 2.24) is 30.3 Å². The van der Waals surface area contributed by atoms with Crippen LogP contribution < -0.4 is 10.6 Å². The highest BCUT2D eigenvalue weighted by Gasteiger charge is 2.26. The largest absolute Gasteiger partial charge is 0.463 e. The van der Waals surface area contributed by atoms with Gasteiger partial charge in [0, 0.05) is 12.1 Å². The first kappa shape index (κ1) is 22.3. The Hall–Kier alpha value is -3.95. The van der Waals surface area contributed by atoms with Crippen molar-refractivity contribution in [2.45, 2.75) is 46.2 Å². The molecule has 10 nitrogen and oxygen atoms in total. The van der Waals surface area contributed by atoms with Crippen LogP contribution >= 0.6 is 0 Å². The summed E-state index contributed by atoms with van der Waals surface area (Å²) in [7, 11) is 0. The summed E-state index contributed by atoms with van der Waals surface area (Å²) in [6.07, 6.45) is 5.20. The normalized spacial score (nSPS) is 12.4. The van der Waals surface area contributed by atoms with Gasteiger partial charge < -0.3 is 15.1 Å². The van der Waals surface area contributed by atoms with Crippen LogP contribution in [-0.2, 0) is 4.79 Å². The molecule has 4 heterocycles. The van der Waals surface area contributed by atoms with Gasteiger partial charge in [-0.2, -0.15) is 10.2 Å². The van der Waals surface area contributed by atoms with Crippen LogP contribution in [0.3, 0.4) is 0 Å². The van der Waals surface area contributed by atoms with Crippen molar-refractivity contribution in [3.63, 3.8) is 0 Å². The van der Waals surface area contributed by atoms with Gasteiger partial charge in [-0.05, 0) is 44.4 Å². The number of nitrogens with zero attached hydrogens (tertiary/aromatic N) is 4. The number of amides is 2. The van der Waals surface area contributed by atoms with Gasteiger partial charge in [-0.1, -0.05) is 13.8 Å². The molecule has 2 amide bonds. The molecule has 4 aromatic heterocycles. The van der Waals surface area contributed by atoms with Crippen molar-refractivity contribution in [2.75, 3.05) is 5.32 Å². The lowest BCUT2D eigenvalue weighted by atomic mass is 10.0. The summed E-state index contributed by atoms with van der Waals surface area (Å²) >= 11 is 0. The minimum absolute atomic E-state index is 0.0478. The van der Waals surface area contributed by atoms with Gasteiger partial charge in [0.1, 0.15) is 17.6 Å². The van der Waals surface area contributed by atoms with Crippen LogP contribution in [-0.4, -0.2) is 42.8 Å². The summed E-state index contributed by atoms with van der Waals surface area (Å²) < 4.78 is 7.27. The van der Waals surface area contributed by atoms with E-state index in [0.29, 0.717) is 40.3 Å². The molecule has 0 saturated heterocycles. The third-order valence-electron chi connectivity index (χ3n) is 5.16. The van der Waals surface area contributed by atoms with E-state index in [1.165, 1.54) is 0 Å². The van der Waals surface area contributed by atoms with E-state index < -0.39 is 6.04 Å². The second-order valence-electron chi connectivity index (χ2n) is 8.57. The number of pyridine rings is 1. The Labute approximate surface area is 190 Å². The van der Waals surface area contributed by atoms with Gasteiger partial charge in [-0.3, -0.25) is 14.7 Å². The average Bonchev–Trinajstić information content (AvgIpc) is 3.52. The van der Waals surface area contributed by atoms with E-state index >= 15 is 0 Å². The van der Waals surface area contributed by atoms with Crippen LogP contribution in [0.15, 0.2) is 47.3 Å². The minimum atomic E-state index is -0.740. The van der Waals surface area contributed by atoms with Crippen LogP contribution in [0.4, 0.5) is 5.82 Å². The van der Waals surface area contributed by atoms with E-state index in [1.54, 1.807) is 47.6 Å². The quantitative estimate of drug-likeness (QED) is 0.375. The number of fused-ring (bicyclic) bond motifs is 1.